The maximum Gasteiger partial charge on any atom is 0.161 e. The Morgan fingerprint density at radius 1 is 1.14 bits per heavy atom. The van der Waals surface area contributed by atoms with Gasteiger partial charge in [-0.05, 0) is 92.3 Å². The molecule has 1 aromatic heterocycles. The number of carbonyl (C=O) groups excluding carboxylic acids is 1. The number of carbonyl (C=O) groups is 1. The second kappa shape index (κ2) is 6.95. The Bertz CT molecular complexity index is 745. The molecule has 0 N–H and O–H groups in total. The van der Waals surface area contributed by atoms with Crippen molar-refractivity contribution in [1.29, 1.82) is 0 Å². The molecular weight excluding hydrogens is 351 g/mol. The van der Waals surface area contributed by atoms with Crippen LogP contribution in [0.2, 0.25) is 0 Å². The van der Waals surface area contributed by atoms with Gasteiger partial charge in [-0.1, -0.05) is 20.3 Å². The third-order valence-corrected chi connectivity index (χ3v) is 9.52. The molecule has 4 fully saturated rings. The summed E-state index contributed by atoms with van der Waals surface area (Å²) in [6.45, 7) is 5.08. The third kappa shape index (κ3) is 2.97. The van der Waals surface area contributed by atoms with E-state index in [1.54, 1.807) is 0 Å². The van der Waals surface area contributed by atoms with Crippen molar-refractivity contribution >= 4 is 5.78 Å². The molecule has 154 valence electrons. The Kier molecular flexibility index (Phi) is 4.67. The van der Waals surface area contributed by atoms with Crippen LogP contribution < -0.4 is 0 Å². The molecule has 1 heterocycles. The molecule has 3 nitrogen and oxygen atoms in total. The van der Waals surface area contributed by atoms with Gasteiger partial charge in [-0.2, -0.15) is 5.10 Å². The van der Waals surface area contributed by atoms with Gasteiger partial charge >= 0.3 is 0 Å². The van der Waals surface area contributed by atoms with E-state index in [4.69, 9.17) is 0 Å². The number of ketones is 1. The number of nitrogens with zero attached hydrogens (tertiary/aromatic N) is 2. The summed E-state index contributed by atoms with van der Waals surface area (Å²) >= 11 is 0. The molecular formula is C24H35FN2O. The third-order valence-electron chi connectivity index (χ3n) is 9.52. The van der Waals surface area contributed by atoms with Gasteiger partial charge in [0.1, 0.15) is 0 Å². The zero-order valence-electron chi connectivity index (χ0n) is 17.4. The van der Waals surface area contributed by atoms with Crippen LogP contribution in [-0.4, -0.2) is 15.6 Å². The Labute approximate surface area is 168 Å². The molecule has 0 amide bonds. The molecule has 4 heteroatoms. The first-order valence-electron chi connectivity index (χ1n) is 11.7. The number of Topliss-reactive ketones (excluding diaryl/α,β-unsaturated/α-hetero) is 1. The molecule has 28 heavy (non-hydrogen) atoms. The highest BCUT2D eigenvalue weighted by molar-refractivity contribution is 5.82. The van der Waals surface area contributed by atoms with Crippen LogP contribution in [0.15, 0.2) is 12.4 Å². The fourth-order valence-electron chi connectivity index (χ4n) is 8.31. The fraction of sp³-hybridized carbons (Fsp3) is 0.833. The van der Waals surface area contributed by atoms with Gasteiger partial charge in [0.05, 0.1) is 18.9 Å². The van der Waals surface area contributed by atoms with Crippen molar-refractivity contribution in [2.45, 2.75) is 78.2 Å². The zero-order chi connectivity index (χ0) is 19.5. The van der Waals surface area contributed by atoms with Crippen molar-refractivity contribution in [3.8, 4) is 0 Å². The minimum absolute atomic E-state index is 0.134. The number of halogens is 1. The van der Waals surface area contributed by atoms with E-state index in [2.05, 4.69) is 18.9 Å². The van der Waals surface area contributed by atoms with Crippen LogP contribution in [0.5, 0.6) is 0 Å². The first kappa shape index (κ1) is 18.8. The topological polar surface area (TPSA) is 34.9 Å². The predicted octanol–water partition coefficient (Wildman–Crippen LogP) is 5.50. The highest BCUT2D eigenvalue weighted by atomic mass is 19.1. The van der Waals surface area contributed by atoms with Crippen molar-refractivity contribution in [2.24, 2.45) is 46.8 Å². The highest BCUT2D eigenvalue weighted by Crippen LogP contribution is 2.64. The molecule has 0 bridgehead atoms. The first-order valence-corrected chi connectivity index (χ1v) is 11.7. The molecule has 0 spiro atoms. The lowest BCUT2D eigenvalue weighted by molar-refractivity contribution is -0.131. The van der Waals surface area contributed by atoms with Crippen molar-refractivity contribution in [1.82, 2.24) is 9.78 Å². The average molecular weight is 387 g/mol. The first-order chi connectivity index (χ1) is 13.5. The van der Waals surface area contributed by atoms with E-state index in [0.29, 0.717) is 0 Å². The normalized spacial score (nSPS) is 45.2. The SMILES string of the molecule is CC1CCC2C(CCC3C2CCC2(C)C(C(=O)Cn4cc(F)cn4)CCC32)C1. The molecule has 1 aromatic rings. The van der Waals surface area contributed by atoms with Gasteiger partial charge < -0.3 is 0 Å². The van der Waals surface area contributed by atoms with E-state index in [-0.39, 0.29) is 29.5 Å². The highest BCUT2D eigenvalue weighted by Gasteiger charge is 2.58. The lowest BCUT2D eigenvalue weighted by Gasteiger charge is -2.56. The van der Waals surface area contributed by atoms with E-state index in [0.717, 1.165) is 41.9 Å². The van der Waals surface area contributed by atoms with E-state index >= 15 is 0 Å². The summed E-state index contributed by atoms with van der Waals surface area (Å²) < 4.78 is 14.7. The monoisotopic (exact) mass is 386 g/mol. The Morgan fingerprint density at radius 2 is 1.96 bits per heavy atom. The molecule has 8 unspecified atom stereocenters. The molecule has 0 aliphatic heterocycles. The van der Waals surface area contributed by atoms with Crippen molar-refractivity contribution in [3.63, 3.8) is 0 Å². The molecule has 0 saturated heterocycles. The molecule has 0 radical (unpaired) electrons. The summed E-state index contributed by atoms with van der Waals surface area (Å²) in [4.78, 5) is 13.1. The molecule has 4 aliphatic rings. The minimum Gasteiger partial charge on any atom is -0.297 e. The van der Waals surface area contributed by atoms with Gasteiger partial charge in [0, 0.05) is 5.92 Å². The minimum atomic E-state index is -0.359. The number of rotatable bonds is 3. The summed E-state index contributed by atoms with van der Waals surface area (Å²) in [5, 5.41) is 3.99. The summed E-state index contributed by atoms with van der Waals surface area (Å²) in [6, 6.07) is 0. The van der Waals surface area contributed by atoms with E-state index in [1.807, 2.05) is 0 Å². The van der Waals surface area contributed by atoms with Crippen molar-refractivity contribution in [2.75, 3.05) is 0 Å². The zero-order valence-corrected chi connectivity index (χ0v) is 17.4. The molecule has 8 atom stereocenters. The largest absolute Gasteiger partial charge is 0.297 e. The number of aromatic nitrogens is 2. The standard InChI is InChI=1S/C24H35FN2O/c1-15-3-5-18-16(11-15)4-6-20-19(18)9-10-24(2)21(20)7-8-22(24)23(28)14-27-13-17(25)12-26-27/h12-13,15-16,18-22H,3-11,14H2,1-2H3. The van der Waals surface area contributed by atoms with Crippen LogP contribution in [0.25, 0.3) is 0 Å². The maximum absolute atomic E-state index is 13.2. The van der Waals surface area contributed by atoms with Gasteiger partial charge in [0.15, 0.2) is 11.6 Å². The van der Waals surface area contributed by atoms with Crippen LogP contribution in [0, 0.1) is 52.7 Å². The number of hydrogen-bond donors (Lipinski definition) is 0. The van der Waals surface area contributed by atoms with Gasteiger partial charge in [0.2, 0.25) is 0 Å². The Balaban J connectivity index is 1.32. The molecule has 0 aromatic carbocycles. The van der Waals surface area contributed by atoms with E-state index in [9.17, 15) is 9.18 Å². The second-order valence-corrected chi connectivity index (χ2v) is 10.9. The second-order valence-electron chi connectivity index (χ2n) is 10.9. The van der Waals surface area contributed by atoms with E-state index in [1.165, 1.54) is 68.4 Å². The average Bonchev–Trinajstić information content (AvgIpc) is 3.23. The summed E-state index contributed by atoms with van der Waals surface area (Å²) in [5.41, 5.74) is 0.152. The van der Waals surface area contributed by atoms with Crippen LogP contribution in [-0.2, 0) is 11.3 Å². The van der Waals surface area contributed by atoms with Crippen LogP contribution in [0.3, 0.4) is 0 Å². The Morgan fingerprint density at radius 3 is 2.75 bits per heavy atom. The van der Waals surface area contributed by atoms with E-state index < -0.39 is 0 Å². The van der Waals surface area contributed by atoms with Gasteiger partial charge in [0.25, 0.3) is 0 Å². The summed E-state index contributed by atoms with van der Waals surface area (Å²) in [7, 11) is 0. The van der Waals surface area contributed by atoms with Crippen LogP contribution >= 0.6 is 0 Å². The summed E-state index contributed by atoms with van der Waals surface area (Å²) in [6.07, 6.45) is 14.5. The smallest absolute Gasteiger partial charge is 0.161 e. The quantitative estimate of drug-likeness (QED) is 0.688. The van der Waals surface area contributed by atoms with Gasteiger partial charge in [-0.3, -0.25) is 9.48 Å². The Hall–Kier alpha value is -1.19. The number of fused-ring (bicyclic) bond motifs is 5. The molecule has 4 aliphatic carbocycles. The molecule has 4 saturated carbocycles. The maximum atomic E-state index is 13.2. The fourth-order valence-corrected chi connectivity index (χ4v) is 8.31. The van der Waals surface area contributed by atoms with Gasteiger partial charge in [-0.25, -0.2) is 4.39 Å². The molecule has 5 rings (SSSR count). The lowest BCUT2D eigenvalue weighted by Crippen LogP contribution is -2.49. The van der Waals surface area contributed by atoms with Gasteiger partial charge in [-0.15, -0.1) is 0 Å². The van der Waals surface area contributed by atoms with Crippen molar-refractivity contribution < 1.29 is 9.18 Å². The van der Waals surface area contributed by atoms with Crippen LogP contribution in [0.1, 0.15) is 71.6 Å². The predicted molar refractivity (Wildman–Crippen MR) is 107 cm³/mol. The van der Waals surface area contributed by atoms with Crippen molar-refractivity contribution in [3.05, 3.63) is 18.2 Å². The summed E-state index contributed by atoms with van der Waals surface area (Å²) in [5.74, 6) is 5.38. The van der Waals surface area contributed by atoms with Crippen LogP contribution in [0.4, 0.5) is 4.39 Å². The number of hydrogen-bond acceptors (Lipinski definition) is 2. The lowest BCUT2D eigenvalue weighted by atomic mass is 9.49.